The minimum absolute atomic E-state index is 0.0695. The Morgan fingerprint density at radius 1 is 1.40 bits per heavy atom. The Labute approximate surface area is 101 Å². The molecule has 15 heavy (non-hydrogen) atoms. The summed E-state index contributed by atoms with van der Waals surface area (Å²) in [5.74, 6) is 1.48. The number of anilines is 1. The number of rotatable bonds is 3. The molecule has 4 nitrogen and oxygen atoms in total. The van der Waals surface area contributed by atoms with Gasteiger partial charge >= 0.3 is 0 Å². The molecule has 78 valence electrons. The molecule has 1 unspecified atom stereocenters. The zero-order valence-corrected chi connectivity index (χ0v) is 10.3. The molecule has 0 aliphatic carbocycles. The average molecular weight is 315 g/mol. The van der Waals surface area contributed by atoms with Gasteiger partial charge in [0.2, 0.25) is 5.95 Å². The Balaban J connectivity index is 2.06. The van der Waals surface area contributed by atoms with Crippen LogP contribution in [0.25, 0.3) is 0 Å². The van der Waals surface area contributed by atoms with Crippen molar-refractivity contribution >= 4 is 28.5 Å². The lowest BCUT2D eigenvalue weighted by atomic mass is 10.2. The summed E-state index contributed by atoms with van der Waals surface area (Å²) in [6.45, 7) is 2.00. The maximum atomic E-state index is 5.27. The summed E-state index contributed by atoms with van der Waals surface area (Å²) in [5, 5.41) is 3.15. The number of furan rings is 1. The molecular formula is C10H10IN3O. The summed E-state index contributed by atoms with van der Waals surface area (Å²) in [6.07, 6.45) is 5.19. The van der Waals surface area contributed by atoms with E-state index >= 15 is 0 Å². The minimum atomic E-state index is 0.0695. The predicted molar refractivity (Wildman–Crippen MR) is 65.5 cm³/mol. The van der Waals surface area contributed by atoms with Crippen LogP contribution in [-0.2, 0) is 0 Å². The summed E-state index contributed by atoms with van der Waals surface area (Å²) >= 11 is 2.17. The van der Waals surface area contributed by atoms with Crippen LogP contribution in [0.5, 0.6) is 0 Å². The SMILES string of the molecule is CC(Nc1ncc(I)cn1)c1ccco1. The van der Waals surface area contributed by atoms with Gasteiger partial charge in [-0.15, -0.1) is 0 Å². The highest BCUT2D eigenvalue weighted by atomic mass is 127. The first-order valence-corrected chi connectivity index (χ1v) is 5.61. The molecule has 2 heterocycles. The highest BCUT2D eigenvalue weighted by Gasteiger charge is 2.08. The fourth-order valence-corrected chi connectivity index (χ4v) is 1.47. The Bertz CT molecular complexity index is 413. The summed E-state index contributed by atoms with van der Waals surface area (Å²) in [4.78, 5) is 8.31. The van der Waals surface area contributed by atoms with E-state index in [0.717, 1.165) is 9.33 Å². The first-order valence-electron chi connectivity index (χ1n) is 4.53. The van der Waals surface area contributed by atoms with E-state index in [-0.39, 0.29) is 6.04 Å². The van der Waals surface area contributed by atoms with Gasteiger partial charge in [0.25, 0.3) is 0 Å². The molecule has 1 atom stereocenters. The summed E-state index contributed by atoms with van der Waals surface area (Å²) < 4.78 is 6.29. The molecule has 5 heteroatoms. The van der Waals surface area contributed by atoms with Crippen molar-refractivity contribution < 1.29 is 4.42 Å². The van der Waals surface area contributed by atoms with Gasteiger partial charge in [0, 0.05) is 16.0 Å². The lowest BCUT2D eigenvalue weighted by Crippen LogP contribution is -2.08. The zero-order chi connectivity index (χ0) is 10.7. The van der Waals surface area contributed by atoms with E-state index in [9.17, 15) is 0 Å². The van der Waals surface area contributed by atoms with Crippen LogP contribution in [0.1, 0.15) is 18.7 Å². The van der Waals surface area contributed by atoms with Gasteiger partial charge in [-0.05, 0) is 41.6 Å². The first kappa shape index (κ1) is 10.4. The highest BCUT2D eigenvalue weighted by molar-refractivity contribution is 14.1. The third kappa shape index (κ3) is 2.68. The molecule has 2 aromatic rings. The van der Waals surface area contributed by atoms with E-state index in [4.69, 9.17) is 4.42 Å². The predicted octanol–water partition coefficient (Wildman–Crippen LogP) is 2.85. The van der Waals surface area contributed by atoms with Crippen LogP contribution in [0.15, 0.2) is 35.2 Å². The van der Waals surface area contributed by atoms with Gasteiger partial charge in [-0.1, -0.05) is 0 Å². The molecule has 0 aliphatic heterocycles. The van der Waals surface area contributed by atoms with Crippen LogP contribution in [0.2, 0.25) is 0 Å². The number of aromatic nitrogens is 2. The van der Waals surface area contributed by atoms with Crippen molar-refractivity contribution in [1.29, 1.82) is 0 Å². The molecular weight excluding hydrogens is 305 g/mol. The molecule has 0 fully saturated rings. The smallest absolute Gasteiger partial charge is 0.223 e. The maximum Gasteiger partial charge on any atom is 0.223 e. The van der Waals surface area contributed by atoms with Crippen LogP contribution in [-0.4, -0.2) is 9.97 Å². The standard InChI is InChI=1S/C10H10IN3O/c1-7(9-3-2-4-15-9)14-10-12-5-8(11)6-13-10/h2-7H,1H3,(H,12,13,14). The largest absolute Gasteiger partial charge is 0.467 e. The maximum absolute atomic E-state index is 5.27. The van der Waals surface area contributed by atoms with E-state index in [0.29, 0.717) is 5.95 Å². The van der Waals surface area contributed by atoms with E-state index in [1.165, 1.54) is 0 Å². The molecule has 0 spiro atoms. The lowest BCUT2D eigenvalue weighted by Gasteiger charge is -2.10. The van der Waals surface area contributed by atoms with Gasteiger partial charge in [0.05, 0.1) is 12.3 Å². The molecule has 2 rings (SSSR count). The van der Waals surface area contributed by atoms with Gasteiger partial charge in [0.15, 0.2) is 0 Å². The van der Waals surface area contributed by atoms with Crippen molar-refractivity contribution in [2.75, 3.05) is 5.32 Å². The lowest BCUT2D eigenvalue weighted by molar-refractivity contribution is 0.489. The van der Waals surface area contributed by atoms with E-state index in [2.05, 4.69) is 37.9 Å². The zero-order valence-electron chi connectivity index (χ0n) is 8.14. The number of hydrogen-bond donors (Lipinski definition) is 1. The van der Waals surface area contributed by atoms with Gasteiger partial charge in [-0.25, -0.2) is 9.97 Å². The third-order valence-corrected chi connectivity index (χ3v) is 2.49. The fraction of sp³-hybridized carbons (Fsp3) is 0.200. The first-order chi connectivity index (χ1) is 7.25. The molecule has 0 radical (unpaired) electrons. The Morgan fingerprint density at radius 2 is 2.13 bits per heavy atom. The third-order valence-electron chi connectivity index (χ3n) is 1.94. The van der Waals surface area contributed by atoms with Crippen molar-refractivity contribution in [1.82, 2.24) is 9.97 Å². The second-order valence-electron chi connectivity index (χ2n) is 3.11. The molecule has 0 aromatic carbocycles. The van der Waals surface area contributed by atoms with Gasteiger partial charge in [-0.3, -0.25) is 0 Å². The topological polar surface area (TPSA) is 51.0 Å². The second-order valence-corrected chi connectivity index (χ2v) is 4.35. The van der Waals surface area contributed by atoms with Gasteiger partial charge < -0.3 is 9.73 Å². The van der Waals surface area contributed by atoms with Crippen molar-refractivity contribution in [3.63, 3.8) is 0 Å². The molecule has 0 aliphatic rings. The Hall–Kier alpha value is -1.11. The van der Waals surface area contributed by atoms with Crippen molar-refractivity contribution in [3.05, 3.63) is 40.1 Å². The molecule has 0 saturated heterocycles. The second kappa shape index (κ2) is 4.61. The minimum Gasteiger partial charge on any atom is -0.467 e. The Morgan fingerprint density at radius 3 is 2.73 bits per heavy atom. The molecule has 0 saturated carbocycles. The highest BCUT2D eigenvalue weighted by Crippen LogP contribution is 2.16. The normalized spacial score (nSPS) is 12.4. The summed E-state index contributed by atoms with van der Waals surface area (Å²) in [5.41, 5.74) is 0. The molecule has 0 amide bonds. The average Bonchev–Trinajstić information content (AvgIpc) is 2.74. The van der Waals surface area contributed by atoms with Gasteiger partial charge in [0.1, 0.15) is 5.76 Å². The molecule has 1 N–H and O–H groups in total. The Kier molecular flexibility index (Phi) is 3.20. The quantitative estimate of drug-likeness (QED) is 0.885. The van der Waals surface area contributed by atoms with Crippen LogP contribution in [0, 0.1) is 3.57 Å². The number of nitrogens with one attached hydrogen (secondary N) is 1. The monoisotopic (exact) mass is 315 g/mol. The van der Waals surface area contributed by atoms with Crippen molar-refractivity contribution in [2.45, 2.75) is 13.0 Å². The van der Waals surface area contributed by atoms with Crippen LogP contribution in [0.4, 0.5) is 5.95 Å². The molecule has 2 aromatic heterocycles. The van der Waals surface area contributed by atoms with Crippen LogP contribution < -0.4 is 5.32 Å². The number of halogens is 1. The van der Waals surface area contributed by atoms with Crippen LogP contribution >= 0.6 is 22.6 Å². The van der Waals surface area contributed by atoms with Gasteiger partial charge in [-0.2, -0.15) is 0 Å². The number of nitrogens with zero attached hydrogens (tertiary/aromatic N) is 2. The van der Waals surface area contributed by atoms with Crippen LogP contribution in [0.3, 0.4) is 0 Å². The summed E-state index contributed by atoms with van der Waals surface area (Å²) in [7, 11) is 0. The van der Waals surface area contributed by atoms with E-state index < -0.39 is 0 Å². The van der Waals surface area contributed by atoms with Crippen molar-refractivity contribution in [3.8, 4) is 0 Å². The van der Waals surface area contributed by atoms with Crippen molar-refractivity contribution in [2.24, 2.45) is 0 Å². The number of hydrogen-bond acceptors (Lipinski definition) is 4. The molecule has 0 bridgehead atoms. The van der Waals surface area contributed by atoms with E-state index in [1.54, 1.807) is 18.7 Å². The van der Waals surface area contributed by atoms with E-state index in [1.807, 2.05) is 19.1 Å². The summed E-state index contributed by atoms with van der Waals surface area (Å²) in [6, 6.07) is 3.85. The fourth-order valence-electron chi connectivity index (χ4n) is 1.19.